The fourth-order valence-electron chi connectivity index (χ4n) is 2.46. The lowest BCUT2D eigenvalue weighted by Gasteiger charge is -2.21. The molecule has 1 aliphatic heterocycles. The number of alkyl halides is 1. The second kappa shape index (κ2) is 6.59. The normalized spacial score (nSPS) is 13.1. The summed E-state index contributed by atoms with van der Waals surface area (Å²) in [5.41, 5.74) is 2.09. The summed E-state index contributed by atoms with van der Waals surface area (Å²) in [7, 11) is 1.67. The third-order valence-corrected chi connectivity index (χ3v) is 4.41. The van der Waals surface area contributed by atoms with Crippen molar-refractivity contribution in [3.05, 3.63) is 57.2 Å². The number of hydrogen-bond donors (Lipinski definition) is 0. The summed E-state index contributed by atoms with van der Waals surface area (Å²) in [5, 5.41) is 2.57. The van der Waals surface area contributed by atoms with E-state index in [0.717, 1.165) is 35.0 Å². The molecule has 3 rings (SSSR count). The van der Waals surface area contributed by atoms with Crippen molar-refractivity contribution in [3.63, 3.8) is 0 Å². The van der Waals surface area contributed by atoms with Crippen LogP contribution in [0.2, 0.25) is 5.02 Å². The number of benzene rings is 1. The Morgan fingerprint density at radius 2 is 2.05 bits per heavy atom. The molecule has 0 aliphatic carbocycles. The first-order valence-corrected chi connectivity index (χ1v) is 7.91. The second-order valence-electron chi connectivity index (χ2n) is 5.14. The van der Waals surface area contributed by atoms with Crippen LogP contribution >= 0.6 is 23.2 Å². The van der Waals surface area contributed by atoms with Crippen molar-refractivity contribution in [2.45, 2.75) is 12.4 Å². The molecule has 0 saturated carbocycles. The lowest BCUT2D eigenvalue weighted by atomic mass is 10.1. The van der Waals surface area contributed by atoms with Crippen molar-refractivity contribution >= 4 is 35.5 Å². The van der Waals surface area contributed by atoms with E-state index in [9.17, 15) is 0 Å². The zero-order valence-corrected chi connectivity index (χ0v) is 13.7. The second-order valence-corrected chi connectivity index (χ2v) is 5.79. The minimum atomic E-state index is 0.377. The Bertz CT molecular complexity index is 788. The molecule has 0 bridgehead atoms. The molecule has 0 fully saturated rings. The van der Waals surface area contributed by atoms with E-state index in [0.29, 0.717) is 10.9 Å². The van der Waals surface area contributed by atoms with Gasteiger partial charge >= 0.3 is 0 Å². The van der Waals surface area contributed by atoms with E-state index in [1.807, 2.05) is 18.3 Å². The summed E-state index contributed by atoms with van der Waals surface area (Å²) in [6.07, 6.45) is 5.89. The maximum atomic E-state index is 6.36. The maximum Gasteiger partial charge on any atom is 0.118 e. The molecule has 114 valence electrons. The Morgan fingerprint density at radius 3 is 2.73 bits per heavy atom. The first-order chi connectivity index (χ1) is 10.7. The van der Waals surface area contributed by atoms with Gasteiger partial charge in [0.1, 0.15) is 5.75 Å². The Hall–Kier alpha value is -1.71. The molecule has 2 heterocycles. The molecule has 0 spiro atoms. The smallest absolute Gasteiger partial charge is 0.118 e. The predicted octanol–water partition coefficient (Wildman–Crippen LogP) is 2.52. The van der Waals surface area contributed by atoms with Gasteiger partial charge in [-0.05, 0) is 17.7 Å². The SMILES string of the molecule is COc1ccc(CN2C=c3ncc(CCl)c(Cl)c3=CC2)cc1. The molecule has 1 aliphatic rings. The minimum Gasteiger partial charge on any atom is -0.497 e. The molecular formula is C17H16Cl2N2O. The largest absolute Gasteiger partial charge is 0.497 e. The van der Waals surface area contributed by atoms with Gasteiger partial charge in [-0.3, -0.25) is 4.98 Å². The summed E-state index contributed by atoms with van der Waals surface area (Å²) in [4.78, 5) is 6.65. The van der Waals surface area contributed by atoms with Crippen LogP contribution in [0.25, 0.3) is 12.3 Å². The average Bonchev–Trinajstić information content (AvgIpc) is 2.56. The van der Waals surface area contributed by atoms with Crippen LogP contribution in [0.5, 0.6) is 5.75 Å². The van der Waals surface area contributed by atoms with E-state index < -0.39 is 0 Å². The van der Waals surface area contributed by atoms with Gasteiger partial charge in [-0.15, -0.1) is 11.6 Å². The Morgan fingerprint density at radius 1 is 1.27 bits per heavy atom. The lowest BCUT2D eigenvalue weighted by Crippen LogP contribution is -2.38. The van der Waals surface area contributed by atoms with Crippen molar-refractivity contribution in [1.29, 1.82) is 0 Å². The molecule has 22 heavy (non-hydrogen) atoms. The lowest BCUT2D eigenvalue weighted by molar-refractivity contribution is 0.413. The van der Waals surface area contributed by atoms with Crippen LogP contribution in [0.15, 0.2) is 30.5 Å². The molecule has 0 radical (unpaired) electrons. The monoisotopic (exact) mass is 334 g/mol. The maximum absolute atomic E-state index is 6.36. The molecule has 0 unspecified atom stereocenters. The van der Waals surface area contributed by atoms with Gasteiger partial charge in [-0.25, -0.2) is 0 Å². The first-order valence-electron chi connectivity index (χ1n) is 6.99. The van der Waals surface area contributed by atoms with E-state index in [4.69, 9.17) is 27.9 Å². The summed E-state index contributed by atoms with van der Waals surface area (Å²) >= 11 is 12.2. The number of rotatable bonds is 4. The topological polar surface area (TPSA) is 25.4 Å². The van der Waals surface area contributed by atoms with Gasteiger partial charge in [0.2, 0.25) is 0 Å². The fraction of sp³-hybridized carbons (Fsp3) is 0.235. The average molecular weight is 335 g/mol. The third kappa shape index (κ3) is 3.06. The van der Waals surface area contributed by atoms with E-state index in [1.165, 1.54) is 5.56 Å². The van der Waals surface area contributed by atoms with Gasteiger partial charge in [-0.1, -0.05) is 29.8 Å². The van der Waals surface area contributed by atoms with Crippen molar-refractivity contribution in [3.8, 4) is 5.75 Å². The molecule has 0 amide bonds. The minimum absolute atomic E-state index is 0.377. The highest BCUT2D eigenvalue weighted by atomic mass is 35.5. The molecule has 2 aromatic rings. The highest BCUT2D eigenvalue weighted by Gasteiger charge is 2.09. The van der Waals surface area contributed by atoms with E-state index in [1.54, 1.807) is 13.3 Å². The number of fused-ring (bicyclic) bond motifs is 1. The van der Waals surface area contributed by atoms with Gasteiger partial charge in [0.05, 0.1) is 23.4 Å². The predicted molar refractivity (Wildman–Crippen MR) is 90.4 cm³/mol. The Balaban J connectivity index is 1.85. The van der Waals surface area contributed by atoms with Crippen molar-refractivity contribution < 1.29 is 4.74 Å². The molecule has 1 aromatic carbocycles. The van der Waals surface area contributed by atoms with Crippen molar-refractivity contribution in [2.75, 3.05) is 13.7 Å². The standard InChI is InChI=1S/C17H16Cl2N2O/c1-22-14-4-2-12(3-5-14)10-21-7-6-15-16(11-21)20-9-13(8-18)17(15)19/h2-6,9,11H,7-8,10H2,1H3. The van der Waals surface area contributed by atoms with Gasteiger partial charge in [0.25, 0.3) is 0 Å². The Kier molecular flexibility index (Phi) is 4.55. The van der Waals surface area contributed by atoms with Gasteiger partial charge in [0, 0.05) is 36.3 Å². The highest BCUT2D eigenvalue weighted by molar-refractivity contribution is 6.32. The molecule has 0 saturated heterocycles. The number of ether oxygens (including phenoxy) is 1. The van der Waals surface area contributed by atoms with Crippen LogP contribution in [0.4, 0.5) is 0 Å². The van der Waals surface area contributed by atoms with E-state index >= 15 is 0 Å². The van der Waals surface area contributed by atoms with Gasteiger partial charge < -0.3 is 9.64 Å². The van der Waals surface area contributed by atoms with Crippen molar-refractivity contribution in [2.24, 2.45) is 0 Å². The number of methoxy groups -OCH3 is 1. The van der Waals surface area contributed by atoms with Gasteiger partial charge in [0.15, 0.2) is 0 Å². The van der Waals surface area contributed by atoms with E-state index in [-0.39, 0.29) is 0 Å². The molecule has 0 N–H and O–H groups in total. The molecule has 1 aromatic heterocycles. The molecular weight excluding hydrogens is 319 g/mol. The van der Waals surface area contributed by atoms with Crippen LogP contribution in [-0.2, 0) is 12.4 Å². The number of hydrogen-bond acceptors (Lipinski definition) is 3. The highest BCUT2D eigenvalue weighted by Crippen LogP contribution is 2.14. The number of halogens is 2. The zero-order valence-electron chi connectivity index (χ0n) is 12.2. The molecule has 0 atom stereocenters. The van der Waals surface area contributed by atoms with Crippen LogP contribution in [0, 0.1) is 0 Å². The summed E-state index contributed by atoms with van der Waals surface area (Å²) in [6.45, 7) is 1.61. The van der Waals surface area contributed by atoms with Crippen LogP contribution in [0.1, 0.15) is 11.1 Å². The summed E-state index contributed by atoms with van der Waals surface area (Å²) in [5.74, 6) is 1.24. The molecule has 5 heteroatoms. The first kappa shape index (κ1) is 15.2. The number of nitrogens with zero attached hydrogens (tertiary/aromatic N) is 2. The van der Waals surface area contributed by atoms with E-state index in [2.05, 4.69) is 28.1 Å². The summed E-state index contributed by atoms with van der Waals surface area (Å²) < 4.78 is 5.18. The van der Waals surface area contributed by atoms with Crippen LogP contribution in [0.3, 0.4) is 0 Å². The van der Waals surface area contributed by atoms with Crippen LogP contribution < -0.4 is 15.3 Å². The van der Waals surface area contributed by atoms with Gasteiger partial charge in [-0.2, -0.15) is 0 Å². The number of pyridine rings is 1. The quantitative estimate of drug-likeness (QED) is 0.803. The Labute approximate surface area is 139 Å². The summed E-state index contributed by atoms with van der Waals surface area (Å²) in [6, 6.07) is 8.08. The number of aromatic nitrogens is 1. The zero-order chi connectivity index (χ0) is 15.5. The third-order valence-electron chi connectivity index (χ3n) is 3.68. The molecule has 3 nitrogen and oxygen atoms in total. The fourth-order valence-corrected chi connectivity index (χ4v) is 3.02. The van der Waals surface area contributed by atoms with Crippen LogP contribution in [-0.4, -0.2) is 23.5 Å². The van der Waals surface area contributed by atoms with Crippen molar-refractivity contribution in [1.82, 2.24) is 9.88 Å².